The van der Waals surface area contributed by atoms with Gasteiger partial charge in [-0.05, 0) is 42.7 Å². The Morgan fingerprint density at radius 2 is 1.52 bits per heavy atom. The first kappa shape index (κ1) is 29.1. The molecule has 4 aromatic carbocycles. The van der Waals surface area contributed by atoms with Crippen LogP contribution in [0, 0.1) is 0 Å². The molecule has 8 nitrogen and oxygen atoms in total. The second kappa shape index (κ2) is 12.4. The predicted octanol–water partition coefficient (Wildman–Crippen LogP) is 5.71. The molecule has 7 rings (SSSR count). The Hall–Kier alpha value is -5.67. The van der Waals surface area contributed by atoms with E-state index in [0.717, 1.165) is 39.2 Å². The number of fused-ring (bicyclic) bond motifs is 1. The zero-order valence-electron chi connectivity index (χ0n) is 25.2. The van der Waals surface area contributed by atoms with Gasteiger partial charge < -0.3 is 4.74 Å². The fourth-order valence-electron chi connectivity index (χ4n) is 5.68. The van der Waals surface area contributed by atoms with E-state index in [2.05, 4.69) is 39.6 Å². The van der Waals surface area contributed by atoms with E-state index in [4.69, 9.17) is 4.74 Å². The molecule has 1 unspecified atom stereocenters. The van der Waals surface area contributed by atoms with Gasteiger partial charge in [0.15, 0.2) is 4.80 Å². The van der Waals surface area contributed by atoms with Crippen LogP contribution in [0.2, 0.25) is 0 Å². The molecule has 0 N–H and O–H groups in total. The minimum atomic E-state index is -0.653. The number of aromatic nitrogens is 4. The monoisotopic (exact) mass is 623 g/mol. The van der Waals surface area contributed by atoms with Crippen LogP contribution in [0.1, 0.15) is 31.0 Å². The van der Waals surface area contributed by atoms with Crippen LogP contribution in [0.4, 0.5) is 0 Å². The third kappa shape index (κ3) is 5.41. The Kier molecular flexibility index (Phi) is 7.82. The van der Waals surface area contributed by atoms with Crippen LogP contribution < -0.4 is 14.9 Å². The van der Waals surface area contributed by atoms with Gasteiger partial charge >= 0.3 is 5.97 Å². The molecule has 0 spiro atoms. The van der Waals surface area contributed by atoms with Crippen LogP contribution in [0.15, 0.2) is 136 Å². The van der Waals surface area contributed by atoms with Crippen molar-refractivity contribution < 1.29 is 9.53 Å². The Morgan fingerprint density at radius 3 is 2.26 bits per heavy atom. The van der Waals surface area contributed by atoms with Gasteiger partial charge in [0.2, 0.25) is 0 Å². The van der Waals surface area contributed by atoms with E-state index in [1.807, 2.05) is 97.2 Å². The number of nitrogens with zero attached hydrogens (tertiary/aromatic N) is 5. The second-order valence-electron chi connectivity index (χ2n) is 10.8. The minimum Gasteiger partial charge on any atom is -0.463 e. The fourth-order valence-corrected chi connectivity index (χ4v) is 6.72. The molecule has 0 aliphatic carbocycles. The summed E-state index contributed by atoms with van der Waals surface area (Å²) in [6.45, 7) is 3.77. The molecule has 2 aromatic heterocycles. The average Bonchev–Trinajstić information content (AvgIpc) is 3.70. The smallest absolute Gasteiger partial charge is 0.338 e. The lowest BCUT2D eigenvalue weighted by atomic mass is 9.96. The summed E-state index contributed by atoms with van der Waals surface area (Å²) >= 11 is 1.29. The quantitative estimate of drug-likeness (QED) is 0.213. The van der Waals surface area contributed by atoms with E-state index < -0.39 is 12.0 Å². The zero-order chi connectivity index (χ0) is 31.6. The summed E-state index contributed by atoms with van der Waals surface area (Å²) in [4.78, 5) is 32.4. The fraction of sp³-hybridized carbons (Fsp3) is 0.108. The number of thiazole rings is 1. The number of rotatable bonds is 7. The van der Waals surface area contributed by atoms with Crippen molar-refractivity contribution >= 4 is 23.4 Å². The number of hydrogen-bond donors (Lipinski definition) is 0. The maximum atomic E-state index is 14.1. The molecule has 1 aliphatic rings. The average molecular weight is 624 g/mol. The van der Waals surface area contributed by atoms with Crippen molar-refractivity contribution in [1.82, 2.24) is 19.6 Å². The van der Waals surface area contributed by atoms with E-state index in [1.165, 1.54) is 11.3 Å². The van der Waals surface area contributed by atoms with Gasteiger partial charge in [0.05, 0.1) is 40.3 Å². The summed E-state index contributed by atoms with van der Waals surface area (Å²) in [7, 11) is 0. The van der Waals surface area contributed by atoms with Crippen LogP contribution in [-0.4, -0.2) is 32.1 Å². The first-order chi connectivity index (χ1) is 22.5. The summed E-state index contributed by atoms with van der Waals surface area (Å²) in [6.07, 6.45) is 3.73. The third-order valence-corrected chi connectivity index (χ3v) is 8.87. The molecule has 0 saturated heterocycles. The molecule has 9 heteroatoms. The first-order valence-corrected chi connectivity index (χ1v) is 15.8. The lowest BCUT2D eigenvalue weighted by Crippen LogP contribution is -2.39. The molecule has 1 aliphatic heterocycles. The molecule has 0 fully saturated rings. The van der Waals surface area contributed by atoms with Crippen LogP contribution in [0.25, 0.3) is 34.1 Å². The van der Waals surface area contributed by atoms with Crippen molar-refractivity contribution in [2.45, 2.75) is 19.9 Å². The molecule has 0 radical (unpaired) electrons. The van der Waals surface area contributed by atoms with Gasteiger partial charge in [0, 0.05) is 11.1 Å². The largest absolute Gasteiger partial charge is 0.463 e. The van der Waals surface area contributed by atoms with Crippen molar-refractivity contribution in [2.75, 3.05) is 6.61 Å². The maximum absolute atomic E-state index is 14.1. The van der Waals surface area contributed by atoms with E-state index in [-0.39, 0.29) is 12.2 Å². The van der Waals surface area contributed by atoms with Gasteiger partial charge in [0.1, 0.15) is 5.69 Å². The standard InChI is InChI=1S/C37H29N5O3S/c1-3-45-36(44)33-24(2)38-37-42(34(33)28-14-8-5-9-15-28)35(43)32(46-37)22-29-16-10-11-17-31(29)41-23-30(39-40-41)27-20-18-26(19-21-27)25-12-6-4-7-13-25/h4-23,34H,3H2,1-2H3/b32-22-. The summed E-state index contributed by atoms with van der Waals surface area (Å²) in [5, 5.41) is 8.88. The number of para-hydroxylation sites is 1. The van der Waals surface area contributed by atoms with Gasteiger partial charge in [-0.2, -0.15) is 0 Å². The van der Waals surface area contributed by atoms with Crippen molar-refractivity contribution in [3.63, 3.8) is 0 Å². The summed E-state index contributed by atoms with van der Waals surface area (Å²) in [6, 6.07) is 35.0. The van der Waals surface area contributed by atoms with Crippen LogP contribution in [-0.2, 0) is 9.53 Å². The molecule has 46 heavy (non-hydrogen) atoms. The second-order valence-corrected chi connectivity index (χ2v) is 11.8. The SMILES string of the molecule is CCOC(=O)C1=C(C)N=c2s/c(=C\c3ccccc3-n3cc(-c4ccc(-c5ccccc5)cc4)nn3)c(=O)n2C1c1ccccc1. The van der Waals surface area contributed by atoms with E-state index >= 15 is 0 Å². The van der Waals surface area contributed by atoms with Crippen molar-refractivity contribution in [1.29, 1.82) is 0 Å². The molecular weight excluding hydrogens is 595 g/mol. The lowest BCUT2D eigenvalue weighted by molar-refractivity contribution is -0.139. The van der Waals surface area contributed by atoms with Crippen LogP contribution in [0.5, 0.6) is 0 Å². The highest BCUT2D eigenvalue weighted by molar-refractivity contribution is 7.07. The Bertz CT molecular complexity index is 2270. The van der Waals surface area contributed by atoms with E-state index in [1.54, 1.807) is 23.1 Å². The Labute approximate surface area is 268 Å². The van der Waals surface area contributed by atoms with Crippen LogP contribution in [0.3, 0.4) is 0 Å². The van der Waals surface area contributed by atoms with Gasteiger partial charge in [0.25, 0.3) is 5.56 Å². The third-order valence-electron chi connectivity index (χ3n) is 7.88. The number of carbonyl (C=O) groups is 1. The Balaban J connectivity index is 1.27. The normalized spacial score (nSPS) is 14.6. The predicted molar refractivity (Wildman–Crippen MR) is 179 cm³/mol. The highest BCUT2D eigenvalue weighted by Gasteiger charge is 2.33. The molecule has 6 aromatic rings. The number of hydrogen-bond acceptors (Lipinski definition) is 7. The van der Waals surface area contributed by atoms with Gasteiger partial charge in [-0.1, -0.05) is 120 Å². The molecule has 0 bridgehead atoms. The number of allylic oxidation sites excluding steroid dienone is 1. The van der Waals surface area contributed by atoms with E-state index in [0.29, 0.717) is 20.6 Å². The first-order valence-electron chi connectivity index (χ1n) is 14.9. The van der Waals surface area contributed by atoms with Gasteiger partial charge in [-0.25, -0.2) is 14.5 Å². The molecule has 0 amide bonds. The van der Waals surface area contributed by atoms with Gasteiger partial charge in [-0.15, -0.1) is 5.10 Å². The van der Waals surface area contributed by atoms with Crippen molar-refractivity contribution in [2.24, 2.45) is 4.99 Å². The van der Waals surface area contributed by atoms with Gasteiger partial charge in [-0.3, -0.25) is 9.36 Å². The summed E-state index contributed by atoms with van der Waals surface area (Å²) in [5.41, 5.74) is 6.99. The molecular formula is C37H29N5O3S. The molecule has 1 atom stereocenters. The highest BCUT2D eigenvalue weighted by Crippen LogP contribution is 2.30. The zero-order valence-corrected chi connectivity index (χ0v) is 26.0. The van der Waals surface area contributed by atoms with E-state index in [9.17, 15) is 9.59 Å². The minimum absolute atomic E-state index is 0.224. The molecule has 3 heterocycles. The molecule has 0 saturated carbocycles. The maximum Gasteiger partial charge on any atom is 0.338 e. The topological polar surface area (TPSA) is 91.4 Å². The van der Waals surface area contributed by atoms with Crippen LogP contribution >= 0.6 is 11.3 Å². The number of carbonyl (C=O) groups excluding carboxylic acids is 1. The molecule has 226 valence electrons. The number of benzene rings is 4. The highest BCUT2D eigenvalue weighted by atomic mass is 32.1. The van der Waals surface area contributed by atoms with Crippen molar-refractivity contribution in [3.05, 3.63) is 157 Å². The summed E-state index contributed by atoms with van der Waals surface area (Å²) < 4.78 is 9.20. The summed E-state index contributed by atoms with van der Waals surface area (Å²) in [5.74, 6) is -0.478. The lowest BCUT2D eigenvalue weighted by Gasteiger charge is -2.24. The van der Waals surface area contributed by atoms with Crippen molar-refractivity contribution in [3.8, 4) is 28.1 Å². The number of ether oxygens (including phenoxy) is 1. The number of esters is 1. The Morgan fingerprint density at radius 1 is 0.870 bits per heavy atom.